The Morgan fingerprint density at radius 2 is 2.28 bits per heavy atom. The Bertz CT molecular complexity index is 484. The van der Waals surface area contributed by atoms with E-state index < -0.39 is 10.0 Å². The van der Waals surface area contributed by atoms with E-state index in [1.807, 2.05) is 13.8 Å². The first kappa shape index (κ1) is 13.5. The van der Waals surface area contributed by atoms with Gasteiger partial charge in [-0.3, -0.25) is 0 Å². The fourth-order valence-corrected chi connectivity index (χ4v) is 3.35. The summed E-state index contributed by atoms with van der Waals surface area (Å²) in [5, 5.41) is 2.74. The fraction of sp³-hybridized carbons (Fsp3) is 0.727. The van der Waals surface area contributed by atoms with Gasteiger partial charge in [-0.05, 0) is 33.2 Å². The van der Waals surface area contributed by atoms with Gasteiger partial charge in [0.1, 0.15) is 5.76 Å². The van der Waals surface area contributed by atoms with Gasteiger partial charge in [0.25, 0.3) is 0 Å². The predicted octanol–water partition coefficient (Wildman–Crippen LogP) is 0.463. The monoisotopic (exact) mass is 273 g/mol. The molecule has 1 aromatic heterocycles. The van der Waals surface area contributed by atoms with Crippen LogP contribution in [0.5, 0.6) is 0 Å². The molecule has 1 aromatic rings. The van der Waals surface area contributed by atoms with Gasteiger partial charge < -0.3 is 9.73 Å². The molecule has 0 aliphatic carbocycles. The van der Waals surface area contributed by atoms with Crippen molar-refractivity contribution in [3.05, 3.63) is 17.3 Å². The van der Waals surface area contributed by atoms with E-state index in [1.165, 1.54) is 0 Å². The Labute approximate surface area is 107 Å². The molecule has 7 heteroatoms. The van der Waals surface area contributed by atoms with E-state index in [0.717, 1.165) is 24.4 Å². The van der Waals surface area contributed by atoms with Gasteiger partial charge in [-0.25, -0.2) is 18.1 Å². The van der Waals surface area contributed by atoms with Crippen LogP contribution in [-0.2, 0) is 16.6 Å². The van der Waals surface area contributed by atoms with Gasteiger partial charge in [-0.2, -0.15) is 0 Å². The molecule has 2 rings (SSSR count). The number of nitrogens with one attached hydrogen (secondary N) is 2. The van der Waals surface area contributed by atoms with E-state index in [2.05, 4.69) is 15.0 Å². The van der Waals surface area contributed by atoms with Crippen LogP contribution in [0.15, 0.2) is 4.42 Å². The average Bonchev–Trinajstić information content (AvgIpc) is 2.68. The number of aryl methyl sites for hydroxylation is 2. The third-order valence-corrected chi connectivity index (χ3v) is 5.01. The summed E-state index contributed by atoms with van der Waals surface area (Å²) in [6, 6.07) is 0. The second kappa shape index (κ2) is 5.38. The van der Waals surface area contributed by atoms with Crippen LogP contribution in [0.3, 0.4) is 0 Å². The van der Waals surface area contributed by atoms with Crippen molar-refractivity contribution >= 4 is 10.0 Å². The van der Waals surface area contributed by atoms with Crippen LogP contribution in [-0.4, -0.2) is 31.7 Å². The summed E-state index contributed by atoms with van der Waals surface area (Å²) in [6.45, 7) is 5.17. The molecule has 18 heavy (non-hydrogen) atoms. The van der Waals surface area contributed by atoms with Crippen molar-refractivity contribution in [3.8, 4) is 0 Å². The van der Waals surface area contributed by atoms with Gasteiger partial charge in [0.15, 0.2) is 0 Å². The summed E-state index contributed by atoms with van der Waals surface area (Å²) >= 11 is 0. The number of sulfonamides is 1. The lowest BCUT2D eigenvalue weighted by molar-refractivity contribution is 0.455. The first-order valence-electron chi connectivity index (χ1n) is 6.11. The number of hydrogen-bond acceptors (Lipinski definition) is 5. The van der Waals surface area contributed by atoms with Crippen molar-refractivity contribution in [2.75, 3.05) is 13.1 Å². The molecule has 2 N–H and O–H groups in total. The highest BCUT2D eigenvalue weighted by Gasteiger charge is 2.27. The van der Waals surface area contributed by atoms with Crippen molar-refractivity contribution in [2.45, 2.75) is 38.5 Å². The maximum Gasteiger partial charge on any atom is 0.216 e. The Balaban J connectivity index is 1.96. The first-order valence-corrected chi connectivity index (χ1v) is 7.66. The van der Waals surface area contributed by atoms with Crippen molar-refractivity contribution in [2.24, 2.45) is 0 Å². The van der Waals surface area contributed by atoms with Crippen LogP contribution in [0.2, 0.25) is 0 Å². The normalized spacial score (nSPS) is 21.1. The maximum atomic E-state index is 12.0. The minimum Gasteiger partial charge on any atom is -0.444 e. The van der Waals surface area contributed by atoms with Gasteiger partial charge in [0.05, 0.1) is 17.5 Å². The second-order valence-corrected chi connectivity index (χ2v) is 6.63. The summed E-state index contributed by atoms with van der Waals surface area (Å²) in [4.78, 5) is 4.15. The van der Waals surface area contributed by atoms with Gasteiger partial charge >= 0.3 is 0 Å². The van der Waals surface area contributed by atoms with E-state index in [4.69, 9.17) is 4.42 Å². The molecule has 0 aromatic carbocycles. The lowest BCUT2D eigenvalue weighted by atomic mass is 10.2. The molecule has 1 saturated heterocycles. The van der Waals surface area contributed by atoms with Crippen LogP contribution in [0.1, 0.15) is 30.2 Å². The minimum absolute atomic E-state index is 0.119. The molecule has 1 unspecified atom stereocenters. The smallest absolute Gasteiger partial charge is 0.216 e. The largest absolute Gasteiger partial charge is 0.444 e. The summed E-state index contributed by atoms with van der Waals surface area (Å²) in [5.74, 6) is 1.14. The Kier molecular flexibility index (Phi) is 4.04. The Morgan fingerprint density at radius 3 is 2.83 bits per heavy atom. The number of hydrogen-bond donors (Lipinski definition) is 2. The molecule has 0 amide bonds. The molecule has 0 saturated carbocycles. The molecule has 102 valence electrons. The predicted molar refractivity (Wildman–Crippen MR) is 67.6 cm³/mol. The maximum absolute atomic E-state index is 12.0. The van der Waals surface area contributed by atoms with Crippen LogP contribution in [0, 0.1) is 13.8 Å². The lowest BCUT2D eigenvalue weighted by Crippen LogP contribution is -2.44. The Morgan fingerprint density at radius 1 is 1.50 bits per heavy atom. The zero-order chi connectivity index (χ0) is 13.2. The lowest BCUT2D eigenvalue weighted by Gasteiger charge is -2.22. The zero-order valence-electron chi connectivity index (χ0n) is 10.7. The number of nitrogens with zero attached hydrogens (tertiary/aromatic N) is 1. The van der Waals surface area contributed by atoms with E-state index in [0.29, 0.717) is 18.9 Å². The van der Waals surface area contributed by atoms with Crippen LogP contribution >= 0.6 is 0 Å². The molecular weight excluding hydrogens is 254 g/mol. The van der Waals surface area contributed by atoms with E-state index in [9.17, 15) is 8.42 Å². The molecule has 1 atom stereocenters. The molecule has 1 fully saturated rings. The highest BCUT2D eigenvalue weighted by atomic mass is 32.2. The second-order valence-electron chi connectivity index (χ2n) is 4.58. The van der Waals surface area contributed by atoms with Crippen LogP contribution in [0.25, 0.3) is 0 Å². The van der Waals surface area contributed by atoms with Crippen molar-refractivity contribution in [1.82, 2.24) is 15.0 Å². The average molecular weight is 273 g/mol. The van der Waals surface area contributed by atoms with E-state index in [1.54, 1.807) is 0 Å². The van der Waals surface area contributed by atoms with Crippen molar-refractivity contribution in [1.29, 1.82) is 0 Å². The third kappa shape index (κ3) is 3.09. The van der Waals surface area contributed by atoms with Crippen LogP contribution < -0.4 is 10.0 Å². The third-order valence-electron chi connectivity index (χ3n) is 3.19. The molecule has 0 radical (unpaired) electrons. The number of rotatable bonds is 4. The van der Waals surface area contributed by atoms with Crippen molar-refractivity contribution in [3.63, 3.8) is 0 Å². The Hall–Kier alpha value is -0.920. The molecule has 2 heterocycles. The summed E-state index contributed by atoms with van der Waals surface area (Å²) < 4.78 is 32.0. The quantitative estimate of drug-likeness (QED) is 0.832. The van der Waals surface area contributed by atoms with Gasteiger partial charge in [0, 0.05) is 6.54 Å². The zero-order valence-corrected chi connectivity index (χ0v) is 11.5. The molecule has 6 nitrogen and oxygen atoms in total. The number of piperidine rings is 1. The number of aromatic nitrogens is 1. The standard InChI is InChI=1S/C11H19N3O3S/c1-8-9(2)17-11(14-8)7-13-18(15,16)10-4-3-5-12-6-10/h10,12-13H,3-7H2,1-2H3. The van der Waals surface area contributed by atoms with Crippen LogP contribution in [0.4, 0.5) is 0 Å². The molecule has 0 spiro atoms. The first-order chi connectivity index (χ1) is 8.49. The topological polar surface area (TPSA) is 84.2 Å². The van der Waals surface area contributed by atoms with E-state index >= 15 is 0 Å². The molecule has 1 aliphatic heterocycles. The van der Waals surface area contributed by atoms with Gasteiger partial charge in [-0.15, -0.1) is 0 Å². The molecule has 1 aliphatic rings. The molecular formula is C11H19N3O3S. The SMILES string of the molecule is Cc1nc(CNS(=O)(=O)C2CCCNC2)oc1C. The summed E-state index contributed by atoms with van der Waals surface area (Å²) in [6.07, 6.45) is 1.59. The summed E-state index contributed by atoms with van der Waals surface area (Å²) in [7, 11) is -3.30. The number of oxazole rings is 1. The highest BCUT2D eigenvalue weighted by Crippen LogP contribution is 2.12. The highest BCUT2D eigenvalue weighted by molar-refractivity contribution is 7.90. The van der Waals surface area contributed by atoms with E-state index in [-0.39, 0.29) is 11.8 Å². The minimum atomic E-state index is -3.30. The fourth-order valence-electron chi connectivity index (χ4n) is 1.98. The van der Waals surface area contributed by atoms with Gasteiger partial charge in [0.2, 0.25) is 15.9 Å². The summed E-state index contributed by atoms with van der Waals surface area (Å²) in [5.41, 5.74) is 0.795. The molecule has 0 bridgehead atoms. The van der Waals surface area contributed by atoms with Crippen molar-refractivity contribution < 1.29 is 12.8 Å². The van der Waals surface area contributed by atoms with Gasteiger partial charge in [-0.1, -0.05) is 0 Å².